The molecule has 0 saturated carbocycles. The molecule has 2 atom stereocenters. The lowest BCUT2D eigenvalue weighted by Gasteiger charge is -2.46. The van der Waals surface area contributed by atoms with Crippen molar-refractivity contribution >= 4 is 5.69 Å². The molecule has 1 aromatic heterocycles. The molecule has 0 bridgehead atoms. The van der Waals surface area contributed by atoms with E-state index in [0.717, 1.165) is 12.6 Å². The number of piperazine rings is 1. The fourth-order valence-electron chi connectivity index (χ4n) is 3.59. The number of fused-ring (bicyclic) bond motifs is 1. The van der Waals surface area contributed by atoms with E-state index in [1.54, 1.807) is 0 Å². The van der Waals surface area contributed by atoms with Crippen LogP contribution in [0.5, 0.6) is 0 Å². The lowest BCUT2D eigenvalue weighted by atomic mass is 9.97. The molecule has 4 nitrogen and oxygen atoms in total. The van der Waals surface area contributed by atoms with Gasteiger partial charge in [0.1, 0.15) is 0 Å². The van der Waals surface area contributed by atoms with E-state index in [4.69, 9.17) is 0 Å². The largest absolute Gasteiger partial charge is 0.363 e. The van der Waals surface area contributed by atoms with Crippen LogP contribution in [0.15, 0.2) is 12.4 Å². The van der Waals surface area contributed by atoms with Crippen molar-refractivity contribution in [2.45, 2.75) is 52.2 Å². The van der Waals surface area contributed by atoms with Crippen molar-refractivity contribution in [3.63, 3.8) is 0 Å². The Morgan fingerprint density at radius 3 is 2.89 bits per heavy atom. The van der Waals surface area contributed by atoms with Crippen LogP contribution in [0.2, 0.25) is 0 Å². The fraction of sp³-hybridized carbons (Fsp3) is 0.800. The van der Waals surface area contributed by atoms with E-state index in [2.05, 4.69) is 41.9 Å². The summed E-state index contributed by atoms with van der Waals surface area (Å²) in [5, 5.41) is 4.45. The molecule has 0 N–H and O–H groups in total. The molecule has 0 radical (unpaired) electrons. The van der Waals surface area contributed by atoms with Crippen LogP contribution in [0.25, 0.3) is 0 Å². The maximum absolute atomic E-state index is 4.45. The zero-order chi connectivity index (χ0) is 13.4. The lowest BCUT2D eigenvalue weighted by Crippen LogP contribution is -2.58. The topological polar surface area (TPSA) is 24.3 Å². The van der Waals surface area contributed by atoms with Crippen LogP contribution in [0.1, 0.15) is 33.6 Å². The minimum absolute atomic E-state index is 0.629. The first kappa shape index (κ1) is 13.0. The lowest BCUT2D eigenvalue weighted by molar-refractivity contribution is 0.176. The predicted octanol–water partition coefficient (Wildman–Crippen LogP) is 2.21. The highest BCUT2D eigenvalue weighted by Crippen LogP contribution is 2.31. The maximum atomic E-state index is 4.45. The van der Waals surface area contributed by atoms with Crippen molar-refractivity contribution in [3.8, 4) is 0 Å². The van der Waals surface area contributed by atoms with E-state index in [1.165, 1.54) is 38.2 Å². The monoisotopic (exact) mass is 262 g/mol. The highest BCUT2D eigenvalue weighted by molar-refractivity contribution is 5.45. The quantitative estimate of drug-likeness (QED) is 0.835. The Morgan fingerprint density at radius 1 is 1.37 bits per heavy atom. The number of nitrogens with zero attached hydrogens (tertiary/aromatic N) is 4. The summed E-state index contributed by atoms with van der Waals surface area (Å²) in [4.78, 5) is 5.31. The zero-order valence-corrected chi connectivity index (χ0v) is 12.4. The van der Waals surface area contributed by atoms with Gasteiger partial charge in [-0.05, 0) is 32.2 Å². The van der Waals surface area contributed by atoms with Gasteiger partial charge >= 0.3 is 0 Å². The smallest absolute Gasteiger partial charge is 0.0756 e. The van der Waals surface area contributed by atoms with Crippen molar-refractivity contribution in [3.05, 3.63) is 12.4 Å². The summed E-state index contributed by atoms with van der Waals surface area (Å²) in [5.74, 6) is 0.687. The fourth-order valence-corrected chi connectivity index (χ4v) is 3.59. The zero-order valence-electron chi connectivity index (χ0n) is 12.4. The summed E-state index contributed by atoms with van der Waals surface area (Å²) in [6.07, 6.45) is 6.99. The molecule has 4 heteroatoms. The molecule has 0 amide bonds. The average molecular weight is 262 g/mol. The van der Waals surface area contributed by atoms with Crippen LogP contribution in [-0.4, -0.2) is 46.4 Å². The Hall–Kier alpha value is -1.03. The molecule has 1 aromatic rings. The Morgan fingerprint density at radius 2 is 2.21 bits per heavy atom. The van der Waals surface area contributed by atoms with E-state index in [0.29, 0.717) is 12.0 Å². The van der Waals surface area contributed by atoms with Gasteiger partial charge in [0.05, 0.1) is 11.9 Å². The normalized spacial score (nSPS) is 28.1. The third-order valence-electron chi connectivity index (χ3n) is 4.77. The molecule has 3 heterocycles. The summed E-state index contributed by atoms with van der Waals surface area (Å²) in [5.41, 5.74) is 1.31. The second kappa shape index (κ2) is 5.16. The van der Waals surface area contributed by atoms with Gasteiger partial charge in [-0.1, -0.05) is 13.8 Å². The molecule has 2 unspecified atom stereocenters. The first-order valence-corrected chi connectivity index (χ1v) is 7.72. The number of aryl methyl sites for hydroxylation is 1. The minimum Gasteiger partial charge on any atom is -0.363 e. The van der Waals surface area contributed by atoms with Crippen molar-refractivity contribution in [2.75, 3.05) is 24.5 Å². The molecule has 2 fully saturated rings. The Labute approximate surface area is 116 Å². The second-order valence-corrected chi connectivity index (χ2v) is 6.31. The Kier molecular flexibility index (Phi) is 3.52. The van der Waals surface area contributed by atoms with Crippen LogP contribution in [0.4, 0.5) is 5.69 Å². The van der Waals surface area contributed by atoms with Crippen LogP contribution < -0.4 is 4.90 Å². The molecule has 2 aliphatic rings. The van der Waals surface area contributed by atoms with E-state index in [-0.39, 0.29) is 0 Å². The molecule has 106 valence electrons. The van der Waals surface area contributed by atoms with Gasteiger partial charge in [-0.2, -0.15) is 5.10 Å². The summed E-state index contributed by atoms with van der Waals surface area (Å²) in [6.45, 7) is 11.5. The standard InChI is InChI=1S/C15H26N4/c1-4-18-9-14(8-16-18)19-10-13-6-5-7-17(13)11-15(19)12(2)3/h8-9,12-13,15H,4-7,10-11H2,1-3H3. The molecule has 2 saturated heterocycles. The maximum Gasteiger partial charge on any atom is 0.0756 e. The van der Waals surface area contributed by atoms with Crippen molar-refractivity contribution in [1.29, 1.82) is 0 Å². The first-order chi connectivity index (χ1) is 9.19. The van der Waals surface area contributed by atoms with E-state index in [9.17, 15) is 0 Å². The molecule has 3 rings (SSSR count). The van der Waals surface area contributed by atoms with Gasteiger partial charge < -0.3 is 4.90 Å². The van der Waals surface area contributed by atoms with Crippen molar-refractivity contribution in [1.82, 2.24) is 14.7 Å². The summed E-state index contributed by atoms with van der Waals surface area (Å²) in [7, 11) is 0. The molecule has 0 aromatic carbocycles. The number of anilines is 1. The predicted molar refractivity (Wildman–Crippen MR) is 78.5 cm³/mol. The van der Waals surface area contributed by atoms with Crippen LogP contribution in [0, 0.1) is 5.92 Å². The van der Waals surface area contributed by atoms with E-state index in [1.807, 2.05) is 10.9 Å². The average Bonchev–Trinajstić information content (AvgIpc) is 3.05. The molecule has 0 spiro atoms. The van der Waals surface area contributed by atoms with Gasteiger partial charge in [-0.15, -0.1) is 0 Å². The highest BCUT2D eigenvalue weighted by atomic mass is 15.3. The van der Waals surface area contributed by atoms with Gasteiger partial charge in [0.25, 0.3) is 0 Å². The second-order valence-electron chi connectivity index (χ2n) is 6.31. The summed E-state index contributed by atoms with van der Waals surface area (Å²) >= 11 is 0. The molecular formula is C15H26N4. The number of aromatic nitrogens is 2. The highest BCUT2D eigenvalue weighted by Gasteiger charge is 2.37. The third kappa shape index (κ3) is 2.38. The number of rotatable bonds is 3. The molecule has 19 heavy (non-hydrogen) atoms. The SMILES string of the molecule is CCn1cc(N2CC3CCCN3CC2C(C)C)cn1. The van der Waals surface area contributed by atoms with Gasteiger partial charge in [-0.3, -0.25) is 9.58 Å². The first-order valence-electron chi connectivity index (χ1n) is 7.72. The molecule has 0 aliphatic carbocycles. The Balaban J connectivity index is 1.83. The van der Waals surface area contributed by atoms with E-state index < -0.39 is 0 Å². The molecular weight excluding hydrogens is 236 g/mol. The third-order valence-corrected chi connectivity index (χ3v) is 4.77. The minimum atomic E-state index is 0.629. The van der Waals surface area contributed by atoms with Gasteiger partial charge in [0, 0.05) is 37.9 Å². The summed E-state index contributed by atoms with van der Waals surface area (Å²) < 4.78 is 2.04. The van der Waals surface area contributed by atoms with Crippen molar-refractivity contribution < 1.29 is 0 Å². The van der Waals surface area contributed by atoms with Crippen molar-refractivity contribution in [2.24, 2.45) is 5.92 Å². The summed E-state index contributed by atoms with van der Waals surface area (Å²) in [6, 6.07) is 1.39. The number of hydrogen-bond acceptors (Lipinski definition) is 3. The van der Waals surface area contributed by atoms with Gasteiger partial charge in [0.15, 0.2) is 0 Å². The van der Waals surface area contributed by atoms with Crippen LogP contribution in [-0.2, 0) is 6.54 Å². The van der Waals surface area contributed by atoms with Gasteiger partial charge in [0.2, 0.25) is 0 Å². The van der Waals surface area contributed by atoms with Gasteiger partial charge in [-0.25, -0.2) is 0 Å². The van der Waals surface area contributed by atoms with Crippen LogP contribution in [0.3, 0.4) is 0 Å². The molecule has 2 aliphatic heterocycles. The number of hydrogen-bond donors (Lipinski definition) is 0. The Bertz CT molecular complexity index is 426. The van der Waals surface area contributed by atoms with Crippen LogP contribution >= 0.6 is 0 Å². The van der Waals surface area contributed by atoms with E-state index >= 15 is 0 Å².